The Morgan fingerprint density at radius 3 is 2.81 bits per heavy atom. The van der Waals surface area contributed by atoms with Crippen molar-refractivity contribution in [1.82, 2.24) is 0 Å². The van der Waals surface area contributed by atoms with Crippen molar-refractivity contribution in [2.75, 3.05) is 0 Å². The molecule has 21 heavy (non-hydrogen) atoms. The lowest BCUT2D eigenvalue weighted by Gasteiger charge is -2.44. The molecule has 0 spiro atoms. The number of carbonyl (C=O) groups is 2. The van der Waals surface area contributed by atoms with E-state index in [2.05, 4.69) is 6.92 Å². The number of esters is 1. The van der Waals surface area contributed by atoms with E-state index in [-0.39, 0.29) is 11.9 Å². The average Bonchev–Trinajstić information content (AvgIpc) is 2.49. The molecule has 0 aromatic heterocycles. The normalized spacial score (nSPS) is 31.8. The van der Waals surface area contributed by atoms with E-state index in [1.54, 1.807) is 0 Å². The number of hydrogen-bond donors (Lipinski definition) is 0. The molecule has 0 heterocycles. The van der Waals surface area contributed by atoms with Gasteiger partial charge in [-0.1, -0.05) is 37.3 Å². The number of carbonyl (C=O) groups excluding carboxylic acids is 2. The van der Waals surface area contributed by atoms with Crippen molar-refractivity contribution >= 4 is 11.8 Å². The second-order valence-corrected chi connectivity index (χ2v) is 6.75. The van der Waals surface area contributed by atoms with E-state index in [1.807, 2.05) is 30.3 Å². The number of hydrogen-bond acceptors (Lipinski definition) is 3. The Morgan fingerprint density at radius 1 is 1.29 bits per heavy atom. The van der Waals surface area contributed by atoms with Crippen molar-refractivity contribution in [3.63, 3.8) is 0 Å². The van der Waals surface area contributed by atoms with Crippen LogP contribution in [0.25, 0.3) is 0 Å². The number of Topliss-reactive ketones (excluding diaryl/α,β-unsaturated/α-hetero) is 1. The molecule has 3 unspecified atom stereocenters. The smallest absolute Gasteiger partial charge is 0.312 e. The highest BCUT2D eigenvalue weighted by molar-refractivity contribution is 5.86. The summed E-state index contributed by atoms with van der Waals surface area (Å²) in [7, 11) is 0. The minimum Gasteiger partial charge on any atom is -0.460 e. The van der Waals surface area contributed by atoms with Crippen LogP contribution in [0.15, 0.2) is 30.3 Å². The molecule has 0 amide bonds. The van der Waals surface area contributed by atoms with E-state index in [4.69, 9.17) is 4.74 Å². The SMILES string of the molecule is CC1CC2CC(C(=O)OCc3ccccc3)(CCC2=O)C1. The third kappa shape index (κ3) is 2.87. The number of fused-ring (bicyclic) bond motifs is 2. The molecule has 3 atom stereocenters. The number of benzene rings is 1. The molecule has 2 bridgehead atoms. The molecule has 1 aromatic rings. The lowest BCUT2D eigenvalue weighted by Crippen LogP contribution is -2.46. The zero-order chi connectivity index (χ0) is 14.9. The fourth-order valence-corrected chi connectivity index (χ4v) is 4.04. The summed E-state index contributed by atoms with van der Waals surface area (Å²) in [5.41, 5.74) is 0.597. The second-order valence-electron chi connectivity index (χ2n) is 6.75. The minimum atomic E-state index is -0.412. The van der Waals surface area contributed by atoms with Crippen LogP contribution >= 0.6 is 0 Å². The Balaban J connectivity index is 1.69. The molecule has 2 aliphatic rings. The van der Waals surface area contributed by atoms with Gasteiger partial charge in [-0.05, 0) is 37.2 Å². The van der Waals surface area contributed by atoms with Crippen molar-refractivity contribution < 1.29 is 14.3 Å². The van der Waals surface area contributed by atoms with Crippen LogP contribution in [-0.2, 0) is 20.9 Å². The highest BCUT2D eigenvalue weighted by Gasteiger charge is 2.50. The summed E-state index contributed by atoms with van der Waals surface area (Å²) in [6.07, 6.45) is 3.71. The number of ketones is 1. The van der Waals surface area contributed by atoms with Crippen molar-refractivity contribution in [1.29, 1.82) is 0 Å². The maximum Gasteiger partial charge on any atom is 0.312 e. The van der Waals surface area contributed by atoms with E-state index < -0.39 is 5.41 Å². The van der Waals surface area contributed by atoms with Gasteiger partial charge < -0.3 is 4.74 Å². The van der Waals surface area contributed by atoms with E-state index >= 15 is 0 Å². The number of ether oxygens (including phenoxy) is 1. The van der Waals surface area contributed by atoms with Gasteiger partial charge in [0.1, 0.15) is 12.4 Å². The molecule has 112 valence electrons. The molecule has 0 saturated heterocycles. The Bertz CT molecular complexity index is 537. The monoisotopic (exact) mass is 286 g/mol. The molecule has 3 heteroatoms. The van der Waals surface area contributed by atoms with Gasteiger partial charge in [0, 0.05) is 12.3 Å². The molecule has 2 saturated carbocycles. The maximum atomic E-state index is 12.6. The first-order valence-corrected chi connectivity index (χ1v) is 7.83. The molecule has 2 aliphatic carbocycles. The van der Waals surface area contributed by atoms with Gasteiger partial charge >= 0.3 is 5.97 Å². The molecule has 0 N–H and O–H groups in total. The first-order valence-electron chi connectivity index (χ1n) is 7.83. The molecule has 2 fully saturated rings. The van der Waals surface area contributed by atoms with Gasteiger partial charge in [0.25, 0.3) is 0 Å². The number of rotatable bonds is 3. The Morgan fingerprint density at radius 2 is 2.05 bits per heavy atom. The fourth-order valence-electron chi connectivity index (χ4n) is 4.04. The summed E-state index contributed by atoms with van der Waals surface area (Å²) in [6.45, 7) is 2.47. The van der Waals surface area contributed by atoms with Gasteiger partial charge in [-0.25, -0.2) is 0 Å². The van der Waals surface area contributed by atoms with Gasteiger partial charge in [-0.3, -0.25) is 9.59 Å². The molecular weight excluding hydrogens is 264 g/mol. The van der Waals surface area contributed by atoms with E-state index in [0.29, 0.717) is 37.6 Å². The largest absolute Gasteiger partial charge is 0.460 e. The maximum absolute atomic E-state index is 12.6. The Hall–Kier alpha value is -1.64. The standard InChI is InChI=1S/C18H22O3/c1-13-9-15-11-18(10-13,8-7-16(15)19)17(20)21-12-14-5-3-2-4-6-14/h2-6,13,15H,7-12H2,1H3. The molecule has 0 aliphatic heterocycles. The highest BCUT2D eigenvalue weighted by atomic mass is 16.5. The van der Waals surface area contributed by atoms with Crippen molar-refractivity contribution in [3.05, 3.63) is 35.9 Å². The quantitative estimate of drug-likeness (QED) is 0.799. The van der Waals surface area contributed by atoms with Crippen LogP contribution in [0.2, 0.25) is 0 Å². The Labute approximate surface area is 125 Å². The summed E-state index contributed by atoms with van der Waals surface area (Å²) in [5.74, 6) is 0.743. The van der Waals surface area contributed by atoms with Crippen LogP contribution in [-0.4, -0.2) is 11.8 Å². The predicted octanol–water partition coefficient (Wildman–Crippen LogP) is 3.52. The van der Waals surface area contributed by atoms with Crippen molar-refractivity contribution in [2.45, 2.75) is 45.6 Å². The summed E-state index contributed by atoms with van der Waals surface area (Å²) in [6, 6.07) is 9.76. The average molecular weight is 286 g/mol. The lowest BCUT2D eigenvalue weighted by molar-refractivity contribution is -0.166. The molecule has 0 radical (unpaired) electrons. The van der Waals surface area contributed by atoms with Crippen LogP contribution in [0, 0.1) is 17.3 Å². The van der Waals surface area contributed by atoms with E-state index in [1.165, 1.54) is 0 Å². The third-order valence-corrected chi connectivity index (χ3v) is 5.01. The summed E-state index contributed by atoms with van der Waals surface area (Å²) in [4.78, 5) is 24.6. The molecular formula is C18H22O3. The molecule has 1 aromatic carbocycles. The van der Waals surface area contributed by atoms with Crippen LogP contribution < -0.4 is 0 Å². The first-order chi connectivity index (χ1) is 10.1. The predicted molar refractivity (Wildman–Crippen MR) is 79.4 cm³/mol. The molecule has 3 rings (SSSR count). The third-order valence-electron chi connectivity index (χ3n) is 5.01. The van der Waals surface area contributed by atoms with Gasteiger partial charge in [-0.15, -0.1) is 0 Å². The minimum absolute atomic E-state index is 0.0757. The topological polar surface area (TPSA) is 43.4 Å². The fraction of sp³-hybridized carbons (Fsp3) is 0.556. The van der Waals surface area contributed by atoms with Crippen LogP contribution in [0.5, 0.6) is 0 Å². The van der Waals surface area contributed by atoms with Gasteiger partial charge in [0.05, 0.1) is 5.41 Å². The van der Waals surface area contributed by atoms with Crippen LogP contribution in [0.1, 0.15) is 44.6 Å². The van der Waals surface area contributed by atoms with E-state index in [0.717, 1.165) is 18.4 Å². The summed E-state index contributed by atoms with van der Waals surface area (Å²) in [5, 5.41) is 0. The lowest BCUT2D eigenvalue weighted by atomic mass is 9.59. The van der Waals surface area contributed by atoms with Crippen LogP contribution in [0.3, 0.4) is 0 Å². The second kappa shape index (κ2) is 5.63. The van der Waals surface area contributed by atoms with Crippen molar-refractivity contribution in [2.24, 2.45) is 17.3 Å². The first kappa shape index (κ1) is 14.3. The highest BCUT2D eigenvalue weighted by Crippen LogP contribution is 2.50. The summed E-state index contributed by atoms with van der Waals surface area (Å²) < 4.78 is 5.58. The van der Waals surface area contributed by atoms with Gasteiger partial charge in [-0.2, -0.15) is 0 Å². The van der Waals surface area contributed by atoms with Gasteiger partial charge in [0.2, 0.25) is 0 Å². The van der Waals surface area contributed by atoms with Crippen LogP contribution in [0.4, 0.5) is 0 Å². The zero-order valence-electron chi connectivity index (χ0n) is 12.5. The zero-order valence-corrected chi connectivity index (χ0v) is 12.5. The van der Waals surface area contributed by atoms with Crippen molar-refractivity contribution in [3.8, 4) is 0 Å². The van der Waals surface area contributed by atoms with E-state index in [9.17, 15) is 9.59 Å². The summed E-state index contributed by atoms with van der Waals surface area (Å²) >= 11 is 0. The van der Waals surface area contributed by atoms with Gasteiger partial charge in [0.15, 0.2) is 0 Å². The Kier molecular flexibility index (Phi) is 3.83. The molecule has 3 nitrogen and oxygen atoms in total.